The summed E-state index contributed by atoms with van der Waals surface area (Å²) in [6, 6.07) is 0.193. The van der Waals surface area contributed by atoms with Crippen LogP contribution in [0.15, 0.2) is 0 Å². The third-order valence-electron chi connectivity index (χ3n) is 3.33. The van der Waals surface area contributed by atoms with Crippen LogP contribution in [-0.2, 0) is 9.53 Å². The second kappa shape index (κ2) is 10.4. The van der Waals surface area contributed by atoms with Crippen molar-refractivity contribution in [2.45, 2.75) is 78.3 Å². The summed E-state index contributed by atoms with van der Waals surface area (Å²) in [7, 11) is 1.45. The lowest BCUT2D eigenvalue weighted by Gasteiger charge is -2.24. The molecule has 3 nitrogen and oxygen atoms in total. The van der Waals surface area contributed by atoms with Gasteiger partial charge in [-0.25, -0.2) is 0 Å². The highest BCUT2D eigenvalue weighted by atomic mass is 16.5. The molecule has 0 aromatic carbocycles. The van der Waals surface area contributed by atoms with Gasteiger partial charge in [-0.15, -0.1) is 0 Å². The van der Waals surface area contributed by atoms with Gasteiger partial charge in [-0.05, 0) is 19.3 Å². The Bertz CT molecular complexity index is 217. The average molecular weight is 257 g/mol. The summed E-state index contributed by atoms with van der Waals surface area (Å²) < 4.78 is 4.83. The number of unbranched alkanes of at least 4 members (excludes halogenated alkanes) is 4. The van der Waals surface area contributed by atoms with Crippen LogP contribution in [0, 0.1) is 5.92 Å². The first-order valence-corrected chi connectivity index (χ1v) is 7.36. The Balaban J connectivity index is 3.88. The van der Waals surface area contributed by atoms with E-state index in [2.05, 4.69) is 19.2 Å². The number of ether oxygens (including phenoxy) is 1. The van der Waals surface area contributed by atoms with E-state index in [1.165, 1.54) is 39.2 Å². The van der Waals surface area contributed by atoms with Gasteiger partial charge in [0.15, 0.2) is 0 Å². The van der Waals surface area contributed by atoms with Crippen molar-refractivity contribution in [3.8, 4) is 0 Å². The van der Waals surface area contributed by atoms with Crippen LogP contribution >= 0.6 is 0 Å². The molecule has 0 saturated heterocycles. The summed E-state index contributed by atoms with van der Waals surface area (Å²) in [5.74, 6) is 0.114. The van der Waals surface area contributed by atoms with Gasteiger partial charge in [-0.3, -0.25) is 4.79 Å². The van der Waals surface area contributed by atoms with Gasteiger partial charge in [-0.1, -0.05) is 52.9 Å². The smallest absolute Gasteiger partial charge is 0.323 e. The average Bonchev–Trinajstić information content (AvgIpc) is 2.34. The Kier molecular flexibility index (Phi) is 10.0. The lowest BCUT2D eigenvalue weighted by molar-refractivity contribution is -0.144. The summed E-state index contributed by atoms with van der Waals surface area (Å²) in [6.07, 6.45) is 7.60. The molecule has 0 radical (unpaired) electrons. The van der Waals surface area contributed by atoms with Gasteiger partial charge in [0.1, 0.15) is 6.04 Å². The Morgan fingerprint density at radius 1 is 1.11 bits per heavy atom. The first kappa shape index (κ1) is 17.4. The molecule has 0 saturated carbocycles. The van der Waals surface area contributed by atoms with Crippen molar-refractivity contribution in [2.75, 3.05) is 7.11 Å². The molecule has 0 rings (SSSR count). The fraction of sp³-hybridized carbons (Fsp3) is 0.933. The molecule has 0 aliphatic heterocycles. The van der Waals surface area contributed by atoms with Crippen LogP contribution in [0.1, 0.15) is 66.2 Å². The van der Waals surface area contributed by atoms with Gasteiger partial charge >= 0.3 is 5.97 Å². The van der Waals surface area contributed by atoms with E-state index in [1.807, 2.05) is 13.8 Å². The topological polar surface area (TPSA) is 38.3 Å². The van der Waals surface area contributed by atoms with Gasteiger partial charge in [0, 0.05) is 6.04 Å². The third-order valence-corrected chi connectivity index (χ3v) is 3.33. The van der Waals surface area contributed by atoms with Crippen molar-refractivity contribution in [1.29, 1.82) is 0 Å². The van der Waals surface area contributed by atoms with Crippen molar-refractivity contribution in [3.63, 3.8) is 0 Å². The maximum absolute atomic E-state index is 11.6. The SMILES string of the molecule is CCCCCCCC(C)NC(C(=O)OC)C(C)C. The number of hydrogen-bond acceptors (Lipinski definition) is 3. The Hall–Kier alpha value is -0.570. The van der Waals surface area contributed by atoms with Crippen LogP contribution in [0.25, 0.3) is 0 Å². The zero-order valence-corrected chi connectivity index (χ0v) is 12.8. The number of esters is 1. The Morgan fingerprint density at radius 3 is 2.22 bits per heavy atom. The van der Waals surface area contributed by atoms with E-state index in [0.29, 0.717) is 6.04 Å². The quantitative estimate of drug-likeness (QED) is 0.480. The zero-order valence-electron chi connectivity index (χ0n) is 12.8. The number of methoxy groups -OCH3 is 1. The molecule has 0 aromatic heterocycles. The molecule has 2 unspecified atom stereocenters. The zero-order chi connectivity index (χ0) is 14.0. The standard InChI is InChI=1S/C15H31NO2/c1-6-7-8-9-10-11-13(4)16-14(12(2)3)15(17)18-5/h12-14,16H,6-11H2,1-5H3. The summed E-state index contributed by atoms with van der Waals surface area (Å²) in [5.41, 5.74) is 0. The van der Waals surface area contributed by atoms with Crippen molar-refractivity contribution < 1.29 is 9.53 Å². The maximum atomic E-state index is 11.6. The van der Waals surface area contributed by atoms with E-state index in [9.17, 15) is 4.79 Å². The summed E-state index contributed by atoms with van der Waals surface area (Å²) in [4.78, 5) is 11.6. The van der Waals surface area contributed by atoms with Gasteiger partial charge in [0.2, 0.25) is 0 Å². The summed E-state index contributed by atoms with van der Waals surface area (Å²) in [6.45, 7) is 8.47. The van der Waals surface area contributed by atoms with Gasteiger partial charge in [-0.2, -0.15) is 0 Å². The van der Waals surface area contributed by atoms with Crippen LogP contribution in [0.4, 0.5) is 0 Å². The Labute approximate surface area is 113 Å². The predicted molar refractivity (Wildman–Crippen MR) is 76.6 cm³/mol. The van der Waals surface area contributed by atoms with Crippen LogP contribution < -0.4 is 5.32 Å². The largest absolute Gasteiger partial charge is 0.468 e. The van der Waals surface area contributed by atoms with Gasteiger partial charge in [0.25, 0.3) is 0 Å². The maximum Gasteiger partial charge on any atom is 0.323 e. The molecule has 0 aliphatic rings. The minimum Gasteiger partial charge on any atom is -0.468 e. The molecule has 0 spiro atoms. The predicted octanol–water partition coefficient (Wildman–Crippen LogP) is 3.52. The molecule has 0 fully saturated rings. The molecule has 0 aromatic rings. The third kappa shape index (κ3) is 7.70. The fourth-order valence-corrected chi connectivity index (χ4v) is 2.10. The molecule has 108 valence electrons. The number of nitrogens with one attached hydrogen (secondary N) is 1. The number of carbonyl (C=O) groups is 1. The van der Waals surface area contributed by atoms with Crippen molar-refractivity contribution in [3.05, 3.63) is 0 Å². The molecule has 18 heavy (non-hydrogen) atoms. The second-order valence-electron chi connectivity index (χ2n) is 5.52. The number of carbonyl (C=O) groups excluding carboxylic acids is 1. The lowest BCUT2D eigenvalue weighted by Crippen LogP contribution is -2.46. The van der Waals surface area contributed by atoms with Crippen LogP contribution in [0.2, 0.25) is 0 Å². The van der Waals surface area contributed by atoms with Crippen molar-refractivity contribution >= 4 is 5.97 Å². The molecule has 0 amide bonds. The van der Waals surface area contributed by atoms with E-state index in [-0.39, 0.29) is 17.9 Å². The minimum absolute atomic E-state index is 0.150. The van der Waals surface area contributed by atoms with Crippen LogP contribution in [-0.4, -0.2) is 25.2 Å². The normalized spacial score (nSPS) is 14.6. The molecular weight excluding hydrogens is 226 g/mol. The van der Waals surface area contributed by atoms with Gasteiger partial charge in [0.05, 0.1) is 7.11 Å². The van der Waals surface area contributed by atoms with E-state index in [0.717, 1.165) is 6.42 Å². The monoisotopic (exact) mass is 257 g/mol. The first-order valence-electron chi connectivity index (χ1n) is 7.36. The van der Waals surface area contributed by atoms with Crippen molar-refractivity contribution in [2.24, 2.45) is 5.92 Å². The molecule has 3 heteroatoms. The van der Waals surface area contributed by atoms with Gasteiger partial charge < -0.3 is 10.1 Å². The van der Waals surface area contributed by atoms with E-state index in [4.69, 9.17) is 4.74 Å². The molecule has 0 aliphatic carbocycles. The highest BCUT2D eigenvalue weighted by Gasteiger charge is 2.23. The summed E-state index contributed by atoms with van der Waals surface area (Å²) in [5, 5.41) is 3.38. The summed E-state index contributed by atoms with van der Waals surface area (Å²) >= 11 is 0. The molecule has 0 bridgehead atoms. The Morgan fingerprint density at radius 2 is 1.72 bits per heavy atom. The van der Waals surface area contributed by atoms with E-state index < -0.39 is 0 Å². The van der Waals surface area contributed by atoms with E-state index >= 15 is 0 Å². The van der Waals surface area contributed by atoms with Crippen LogP contribution in [0.5, 0.6) is 0 Å². The second-order valence-corrected chi connectivity index (χ2v) is 5.52. The first-order chi connectivity index (χ1) is 8.52. The molecular formula is C15H31NO2. The highest BCUT2D eigenvalue weighted by Crippen LogP contribution is 2.10. The number of rotatable bonds is 10. The van der Waals surface area contributed by atoms with Crippen molar-refractivity contribution in [1.82, 2.24) is 5.32 Å². The molecule has 1 N–H and O–H groups in total. The fourth-order valence-electron chi connectivity index (χ4n) is 2.10. The van der Waals surface area contributed by atoms with E-state index in [1.54, 1.807) is 0 Å². The molecule has 2 atom stereocenters. The lowest BCUT2D eigenvalue weighted by atomic mass is 10.0. The highest BCUT2D eigenvalue weighted by molar-refractivity contribution is 5.75. The van der Waals surface area contributed by atoms with Crippen LogP contribution in [0.3, 0.4) is 0 Å². The minimum atomic E-state index is -0.180. The molecule has 0 heterocycles. The number of hydrogen-bond donors (Lipinski definition) is 1.